The molecule has 0 aliphatic carbocycles. The van der Waals surface area contributed by atoms with Gasteiger partial charge in [-0.3, -0.25) is 4.79 Å². The number of unbranched alkanes of at least 4 members (excludes halogenated alkanes) is 5. The SMILES string of the molecule is [CH2]CCCCCCCC(=O)NC. The van der Waals surface area contributed by atoms with Crippen LogP contribution in [0.1, 0.15) is 44.9 Å². The standard InChI is InChI=1S/C10H20NO/c1-3-4-5-6-7-8-9-10(12)11-2/h1,3-9H2,2H3,(H,11,12). The Kier molecular flexibility index (Phi) is 8.19. The van der Waals surface area contributed by atoms with Crippen LogP contribution in [0.5, 0.6) is 0 Å². The van der Waals surface area contributed by atoms with Gasteiger partial charge in [0.1, 0.15) is 0 Å². The molecule has 0 spiro atoms. The average molecular weight is 170 g/mol. The fourth-order valence-corrected chi connectivity index (χ4v) is 1.12. The van der Waals surface area contributed by atoms with Gasteiger partial charge in [0.2, 0.25) is 5.91 Å². The highest BCUT2D eigenvalue weighted by atomic mass is 16.1. The van der Waals surface area contributed by atoms with Crippen molar-refractivity contribution in [3.63, 3.8) is 0 Å². The largest absolute Gasteiger partial charge is 0.359 e. The summed E-state index contributed by atoms with van der Waals surface area (Å²) in [6.07, 6.45) is 7.64. The first kappa shape index (κ1) is 11.5. The first-order chi connectivity index (χ1) is 5.81. The first-order valence-corrected chi connectivity index (χ1v) is 4.81. The van der Waals surface area contributed by atoms with E-state index in [9.17, 15) is 4.79 Å². The van der Waals surface area contributed by atoms with Gasteiger partial charge in [-0.1, -0.05) is 39.0 Å². The smallest absolute Gasteiger partial charge is 0.219 e. The van der Waals surface area contributed by atoms with E-state index in [1.807, 2.05) is 0 Å². The second-order valence-electron chi connectivity index (χ2n) is 3.04. The van der Waals surface area contributed by atoms with Crippen molar-refractivity contribution in [3.8, 4) is 0 Å². The summed E-state index contributed by atoms with van der Waals surface area (Å²) in [5, 5.41) is 2.62. The molecular weight excluding hydrogens is 150 g/mol. The van der Waals surface area contributed by atoms with Crippen molar-refractivity contribution in [1.29, 1.82) is 0 Å². The van der Waals surface area contributed by atoms with E-state index in [1.54, 1.807) is 7.05 Å². The molecule has 2 heteroatoms. The van der Waals surface area contributed by atoms with E-state index in [-0.39, 0.29) is 5.91 Å². The van der Waals surface area contributed by atoms with Gasteiger partial charge in [0.15, 0.2) is 0 Å². The molecule has 0 aromatic rings. The summed E-state index contributed by atoms with van der Waals surface area (Å²) in [6.45, 7) is 3.78. The Bertz CT molecular complexity index is 112. The second kappa shape index (κ2) is 8.57. The lowest BCUT2D eigenvalue weighted by molar-refractivity contribution is -0.120. The molecule has 0 saturated heterocycles. The summed E-state index contributed by atoms with van der Waals surface area (Å²) in [5.41, 5.74) is 0. The maximum absolute atomic E-state index is 10.8. The van der Waals surface area contributed by atoms with E-state index in [0.717, 1.165) is 12.8 Å². The van der Waals surface area contributed by atoms with E-state index in [2.05, 4.69) is 12.2 Å². The van der Waals surface area contributed by atoms with Crippen LogP contribution in [0.2, 0.25) is 0 Å². The van der Waals surface area contributed by atoms with Gasteiger partial charge in [-0.25, -0.2) is 0 Å². The van der Waals surface area contributed by atoms with E-state index >= 15 is 0 Å². The van der Waals surface area contributed by atoms with Crippen molar-refractivity contribution in [3.05, 3.63) is 6.92 Å². The lowest BCUT2D eigenvalue weighted by Gasteiger charge is -1.99. The van der Waals surface area contributed by atoms with Crippen LogP contribution in [-0.2, 0) is 4.79 Å². The maximum Gasteiger partial charge on any atom is 0.219 e. The number of carbonyl (C=O) groups excluding carboxylic acids is 1. The predicted molar refractivity (Wildman–Crippen MR) is 51.7 cm³/mol. The highest BCUT2D eigenvalue weighted by Crippen LogP contribution is 2.06. The van der Waals surface area contributed by atoms with Crippen LogP contribution in [0.15, 0.2) is 0 Å². The first-order valence-electron chi connectivity index (χ1n) is 4.81. The summed E-state index contributed by atoms with van der Waals surface area (Å²) in [7, 11) is 1.69. The van der Waals surface area contributed by atoms with Crippen molar-refractivity contribution in [2.24, 2.45) is 0 Å². The second-order valence-corrected chi connectivity index (χ2v) is 3.04. The van der Waals surface area contributed by atoms with Crippen molar-refractivity contribution in [1.82, 2.24) is 5.32 Å². The van der Waals surface area contributed by atoms with Gasteiger partial charge >= 0.3 is 0 Å². The Hall–Kier alpha value is -0.530. The molecule has 1 N–H and O–H groups in total. The molecule has 0 rings (SSSR count). The average Bonchev–Trinajstić information content (AvgIpc) is 2.10. The minimum Gasteiger partial charge on any atom is -0.359 e. The zero-order valence-electron chi connectivity index (χ0n) is 8.07. The van der Waals surface area contributed by atoms with E-state index in [1.165, 1.54) is 25.7 Å². The Labute approximate surface area is 75.7 Å². The summed E-state index contributed by atoms with van der Waals surface area (Å²) in [5.74, 6) is 0.159. The summed E-state index contributed by atoms with van der Waals surface area (Å²) >= 11 is 0. The minimum absolute atomic E-state index is 0.159. The third kappa shape index (κ3) is 7.58. The van der Waals surface area contributed by atoms with Gasteiger partial charge in [-0.15, -0.1) is 0 Å². The van der Waals surface area contributed by atoms with E-state index in [0.29, 0.717) is 6.42 Å². The molecule has 71 valence electrons. The Morgan fingerprint density at radius 1 is 1.17 bits per heavy atom. The molecule has 0 aliphatic heterocycles. The van der Waals surface area contributed by atoms with Crippen molar-refractivity contribution in [2.75, 3.05) is 7.05 Å². The van der Waals surface area contributed by atoms with Crippen molar-refractivity contribution in [2.45, 2.75) is 44.9 Å². The van der Waals surface area contributed by atoms with E-state index in [4.69, 9.17) is 0 Å². The molecule has 0 saturated carbocycles. The number of hydrogen-bond acceptors (Lipinski definition) is 1. The summed E-state index contributed by atoms with van der Waals surface area (Å²) in [6, 6.07) is 0. The van der Waals surface area contributed by atoms with Crippen molar-refractivity contribution < 1.29 is 4.79 Å². The molecule has 2 nitrogen and oxygen atoms in total. The van der Waals surface area contributed by atoms with Crippen LogP contribution in [0, 0.1) is 6.92 Å². The summed E-state index contributed by atoms with van der Waals surface area (Å²) < 4.78 is 0. The van der Waals surface area contributed by atoms with Gasteiger partial charge < -0.3 is 5.32 Å². The number of carbonyl (C=O) groups is 1. The molecule has 0 fully saturated rings. The van der Waals surface area contributed by atoms with Crippen molar-refractivity contribution >= 4 is 5.91 Å². The molecule has 0 unspecified atom stereocenters. The Morgan fingerprint density at radius 3 is 2.33 bits per heavy atom. The molecular formula is C10H20NO. The Morgan fingerprint density at radius 2 is 1.75 bits per heavy atom. The molecule has 0 aliphatic rings. The zero-order valence-corrected chi connectivity index (χ0v) is 8.07. The lowest BCUT2D eigenvalue weighted by atomic mass is 10.1. The quantitative estimate of drug-likeness (QED) is 0.584. The van der Waals surface area contributed by atoms with Gasteiger partial charge in [0.25, 0.3) is 0 Å². The minimum atomic E-state index is 0.159. The van der Waals surface area contributed by atoms with Gasteiger partial charge in [0, 0.05) is 13.5 Å². The molecule has 0 atom stereocenters. The van der Waals surface area contributed by atoms with Crippen LogP contribution >= 0.6 is 0 Å². The highest BCUT2D eigenvalue weighted by molar-refractivity contribution is 5.75. The maximum atomic E-state index is 10.8. The fraction of sp³-hybridized carbons (Fsp3) is 0.800. The third-order valence-corrected chi connectivity index (χ3v) is 1.93. The topological polar surface area (TPSA) is 29.1 Å². The molecule has 0 heterocycles. The Balaban J connectivity index is 2.95. The number of nitrogens with one attached hydrogen (secondary N) is 1. The molecule has 0 aromatic heterocycles. The predicted octanol–water partition coefficient (Wildman–Crippen LogP) is 2.30. The number of hydrogen-bond donors (Lipinski definition) is 1. The van der Waals surface area contributed by atoms with Gasteiger partial charge in [-0.2, -0.15) is 0 Å². The lowest BCUT2D eigenvalue weighted by Crippen LogP contribution is -2.16. The van der Waals surface area contributed by atoms with Gasteiger partial charge in [-0.05, 0) is 6.42 Å². The molecule has 1 radical (unpaired) electrons. The van der Waals surface area contributed by atoms with Crippen LogP contribution in [-0.4, -0.2) is 13.0 Å². The van der Waals surface area contributed by atoms with E-state index < -0.39 is 0 Å². The third-order valence-electron chi connectivity index (χ3n) is 1.93. The zero-order chi connectivity index (χ0) is 9.23. The van der Waals surface area contributed by atoms with Crippen LogP contribution < -0.4 is 5.32 Å². The monoisotopic (exact) mass is 170 g/mol. The molecule has 12 heavy (non-hydrogen) atoms. The highest BCUT2D eigenvalue weighted by Gasteiger charge is 1.96. The molecule has 0 bridgehead atoms. The molecule has 0 aromatic carbocycles. The normalized spacial score (nSPS) is 9.83. The van der Waals surface area contributed by atoms with Crippen LogP contribution in [0.25, 0.3) is 0 Å². The number of rotatable bonds is 7. The fourth-order valence-electron chi connectivity index (χ4n) is 1.12. The van der Waals surface area contributed by atoms with Crippen LogP contribution in [0.3, 0.4) is 0 Å². The molecule has 1 amide bonds. The summed E-state index contributed by atoms with van der Waals surface area (Å²) in [4.78, 5) is 10.8. The van der Waals surface area contributed by atoms with Gasteiger partial charge in [0.05, 0.1) is 0 Å². The van der Waals surface area contributed by atoms with Crippen LogP contribution in [0.4, 0.5) is 0 Å². The number of amides is 1.